The Morgan fingerprint density at radius 2 is 2.00 bits per heavy atom. The fourth-order valence-electron chi connectivity index (χ4n) is 3.53. The van der Waals surface area contributed by atoms with Crippen molar-refractivity contribution in [3.8, 4) is 0 Å². The van der Waals surface area contributed by atoms with E-state index in [2.05, 4.69) is 38.1 Å². The van der Waals surface area contributed by atoms with Crippen LogP contribution in [0.4, 0.5) is 0 Å². The first-order chi connectivity index (χ1) is 7.70. The molecule has 0 spiro atoms. The number of hydrogen-bond acceptors (Lipinski definition) is 1. The van der Waals surface area contributed by atoms with E-state index in [0.29, 0.717) is 17.8 Å². The number of fused-ring (bicyclic) bond motifs is 3. The van der Waals surface area contributed by atoms with Gasteiger partial charge in [-0.05, 0) is 47.6 Å². The van der Waals surface area contributed by atoms with Crippen molar-refractivity contribution < 1.29 is 5.11 Å². The van der Waals surface area contributed by atoms with Gasteiger partial charge in [0.2, 0.25) is 0 Å². The van der Waals surface area contributed by atoms with Crippen LogP contribution in [-0.4, -0.2) is 11.2 Å². The van der Waals surface area contributed by atoms with Crippen LogP contribution in [0, 0.1) is 17.8 Å². The minimum atomic E-state index is -0.110. The summed E-state index contributed by atoms with van der Waals surface area (Å²) in [6.07, 6.45) is 2.37. The smallest absolute Gasteiger partial charge is 0.0600 e. The van der Waals surface area contributed by atoms with Crippen molar-refractivity contribution in [2.45, 2.75) is 38.7 Å². The summed E-state index contributed by atoms with van der Waals surface area (Å²) in [5, 5.41) is 10.2. The number of aliphatic hydroxyl groups excluding tert-OH is 1. The summed E-state index contributed by atoms with van der Waals surface area (Å²) in [5.74, 6) is 2.33. The van der Waals surface area contributed by atoms with E-state index in [1.54, 1.807) is 0 Å². The fraction of sp³-hybridized carbons (Fsp3) is 0.600. The van der Waals surface area contributed by atoms with Crippen molar-refractivity contribution in [2.75, 3.05) is 0 Å². The quantitative estimate of drug-likeness (QED) is 0.805. The normalized spacial score (nSPS) is 33.1. The molecule has 1 fully saturated rings. The first kappa shape index (κ1) is 10.3. The van der Waals surface area contributed by atoms with Crippen LogP contribution in [0.15, 0.2) is 24.3 Å². The second-order valence-corrected chi connectivity index (χ2v) is 5.74. The lowest BCUT2D eigenvalue weighted by Crippen LogP contribution is -2.18. The third-order valence-corrected chi connectivity index (χ3v) is 4.47. The van der Waals surface area contributed by atoms with Gasteiger partial charge in [-0.1, -0.05) is 38.1 Å². The van der Waals surface area contributed by atoms with E-state index in [1.807, 2.05) is 0 Å². The molecule has 4 atom stereocenters. The zero-order valence-electron chi connectivity index (χ0n) is 10.1. The van der Waals surface area contributed by atoms with E-state index >= 15 is 0 Å². The molecule has 0 bridgehead atoms. The highest BCUT2D eigenvalue weighted by molar-refractivity contribution is 5.39. The van der Waals surface area contributed by atoms with Crippen LogP contribution >= 0.6 is 0 Å². The van der Waals surface area contributed by atoms with E-state index in [0.717, 1.165) is 5.92 Å². The van der Waals surface area contributed by atoms with Crippen LogP contribution in [0.25, 0.3) is 0 Å². The zero-order valence-corrected chi connectivity index (χ0v) is 10.1. The molecular formula is C15H20O. The van der Waals surface area contributed by atoms with Crippen LogP contribution in [0.5, 0.6) is 0 Å². The number of rotatable bonds is 2. The molecule has 0 aromatic heterocycles. The number of aryl methyl sites for hydroxylation is 1. The first-order valence-electron chi connectivity index (χ1n) is 6.46. The van der Waals surface area contributed by atoms with Gasteiger partial charge in [0.15, 0.2) is 0 Å². The minimum Gasteiger partial charge on any atom is -0.393 e. The van der Waals surface area contributed by atoms with Gasteiger partial charge in [-0.25, -0.2) is 0 Å². The van der Waals surface area contributed by atoms with Crippen LogP contribution in [0.1, 0.15) is 37.3 Å². The molecule has 1 saturated carbocycles. The Bertz CT molecular complexity index is 396. The van der Waals surface area contributed by atoms with Crippen molar-refractivity contribution >= 4 is 0 Å². The Balaban J connectivity index is 1.87. The fourth-order valence-corrected chi connectivity index (χ4v) is 3.53. The molecule has 0 heterocycles. The lowest BCUT2D eigenvalue weighted by molar-refractivity contribution is 0.0959. The molecule has 1 nitrogen and oxygen atoms in total. The van der Waals surface area contributed by atoms with Gasteiger partial charge in [0.05, 0.1) is 6.10 Å². The molecule has 0 amide bonds. The monoisotopic (exact) mass is 216 g/mol. The first-order valence-corrected chi connectivity index (χ1v) is 6.46. The van der Waals surface area contributed by atoms with E-state index in [4.69, 9.17) is 0 Å². The summed E-state index contributed by atoms with van der Waals surface area (Å²) in [5.41, 5.74) is 3.03. The van der Waals surface area contributed by atoms with Gasteiger partial charge < -0.3 is 5.11 Å². The largest absolute Gasteiger partial charge is 0.393 e. The molecule has 1 aromatic rings. The molecule has 2 aliphatic carbocycles. The lowest BCUT2D eigenvalue weighted by Gasteiger charge is -2.14. The van der Waals surface area contributed by atoms with E-state index < -0.39 is 0 Å². The molecule has 0 radical (unpaired) electrons. The maximum atomic E-state index is 10.2. The van der Waals surface area contributed by atoms with E-state index in [-0.39, 0.29) is 6.10 Å². The average Bonchev–Trinajstić information content (AvgIpc) is 3.02. The highest BCUT2D eigenvalue weighted by Gasteiger charge is 2.56. The minimum absolute atomic E-state index is 0.110. The highest BCUT2D eigenvalue weighted by Crippen LogP contribution is 2.61. The molecule has 1 aromatic carbocycles. The Kier molecular flexibility index (Phi) is 2.32. The summed E-state index contributed by atoms with van der Waals surface area (Å²) in [6.45, 7) is 4.25. The summed E-state index contributed by atoms with van der Waals surface area (Å²) >= 11 is 0. The third kappa shape index (κ3) is 1.41. The molecule has 4 unspecified atom stereocenters. The lowest BCUT2D eigenvalue weighted by atomic mass is 9.92. The van der Waals surface area contributed by atoms with Crippen LogP contribution < -0.4 is 0 Å². The standard InChI is InChI=1S/C15H20O/c1-9(2)15(16)14-12-8-7-10-5-3-4-6-11(10)13(12)14/h3-6,9,12-16H,7-8H2,1-2H3. The van der Waals surface area contributed by atoms with Crippen LogP contribution in [0.3, 0.4) is 0 Å². The Morgan fingerprint density at radius 3 is 2.75 bits per heavy atom. The van der Waals surface area contributed by atoms with Crippen LogP contribution in [0.2, 0.25) is 0 Å². The van der Waals surface area contributed by atoms with Gasteiger partial charge in [-0.15, -0.1) is 0 Å². The number of aliphatic hydroxyl groups is 1. The SMILES string of the molecule is CC(C)C(O)C1C2CCc3ccccc3C21. The molecule has 0 saturated heterocycles. The summed E-state index contributed by atoms with van der Waals surface area (Å²) < 4.78 is 0. The Labute approximate surface area is 97.5 Å². The maximum absolute atomic E-state index is 10.2. The third-order valence-electron chi connectivity index (χ3n) is 4.47. The average molecular weight is 216 g/mol. The number of benzene rings is 1. The summed E-state index contributed by atoms with van der Waals surface area (Å²) in [6, 6.07) is 8.79. The predicted octanol–water partition coefficient (Wildman–Crippen LogP) is 2.98. The van der Waals surface area contributed by atoms with Gasteiger partial charge in [-0.3, -0.25) is 0 Å². The van der Waals surface area contributed by atoms with Gasteiger partial charge in [0.1, 0.15) is 0 Å². The zero-order chi connectivity index (χ0) is 11.3. The van der Waals surface area contributed by atoms with Crippen molar-refractivity contribution in [1.29, 1.82) is 0 Å². The van der Waals surface area contributed by atoms with E-state index in [9.17, 15) is 5.11 Å². The molecular weight excluding hydrogens is 196 g/mol. The van der Waals surface area contributed by atoms with Gasteiger partial charge in [-0.2, -0.15) is 0 Å². The molecule has 3 rings (SSSR count). The maximum Gasteiger partial charge on any atom is 0.0600 e. The molecule has 86 valence electrons. The van der Waals surface area contributed by atoms with Gasteiger partial charge in [0.25, 0.3) is 0 Å². The summed E-state index contributed by atoms with van der Waals surface area (Å²) in [7, 11) is 0. The second-order valence-electron chi connectivity index (χ2n) is 5.74. The molecule has 2 aliphatic rings. The Morgan fingerprint density at radius 1 is 1.25 bits per heavy atom. The Hall–Kier alpha value is -0.820. The number of hydrogen-bond donors (Lipinski definition) is 1. The van der Waals surface area contributed by atoms with Gasteiger partial charge >= 0.3 is 0 Å². The highest BCUT2D eigenvalue weighted by atomic mass is 16.3. The van der Waals surface area contributed by atoms with Crippen LogP contribution in [-0.2, 0) is 6.42 Å². The summed E-state index contributed by atoms with van der Waals surface area (Å²) in [4.78, 5) is 0. The van der Waals surface area contributed by atoms with Crippen molar-refractivity contribution in [3.63, 3.8) is 0 Å². The van der Waals surface area contributed by atoms with Crippen molar-refractivity contribution in [1.82, 2.24) is 0 Å². The van der Waals surface area contributed by atoms with Crippen molar-refractivity contribution in [2.24, 2.45) is 17.8 Å². The molecule has 16 heavy (non-hydrogen) atoms. The molecule has 1 N–H and O–H groups in total. The second kappa shape index (κ2) is 3.59. The molecule has 1 heteroatoms. The topological polar surface area (TPSA) is 20.2 Å². The van der Waals surface area contributed by atoms with Gasteiger partial charge in [0, 0.05) is 0 Å². The van der Waals surface area contributed by atoms with E-state index in [1.165, 1.54) is 24.0 Å². The van der Waals surface area contributed by atoms with Crippen molar-refractivity contribution in [3.05, 3.63) is 35.4 Å². The predicted molar refractivity (Wildman–Crippen MR) is 65.3 cm³/mol. The molecule has 0 aliphatic heterocycles.